The maximum atomic E-state index is 14.6. The number of nitrogens with zero attached hydrogens (tertiary/aromatic N) is 8. The molecule has 0 spiro atoms. The highest BCUT2D eigenvalue weighted by Gasteiger charge is 2.26. The van der Waals surface area contributed by atoms with Crippen LogP contribution in [0.3, 0.4) is 0 Å². The summed E-state index contributed by atoms with van der Waals surface area (Å²) in [5.74, 6) is -0.0992. The van der Waals surface area contributed by atoms with Crippen LogP contribution < -0.4 is 10.6 Å². The molecule has 0 bridgehead atoms. The maximum absolute atomic E-state index is 14.6. The van der Waals surface area contributed by atoms with E-state index in [-0.39, 0.29) is 41.7 Å². The fraction of sp³-hybridized carbons (Fsp3) is 0.327. The van der Waals surface area contributed by atoms with E-state index in [0.717, 1.165) is 66.5 Å². The van der Waals surface area contributed by atoms with Crippen LogP contribution in [0, 0.1) is 23.5 Å². The predicted octanol–water partition coefficient (Wildman–Crippen LogP) is 8.92. The number of carbonyl (C=O) groups is 3. The van der Waals surface area contributed by atoms with Gasteiger partial charge in [-0.3, -0.25) is 9.59 Å². The van der Waals surface area contributed by atoms with Gasteiger partial charge in [0.1, 0.15) is 11.3 Å². The number of pyridine rings is 2. The van der Waals surface area contributed by atoms with E-state index < -0.39 is 17.6 Å². The van der Waals surface area contributed by atoms with E-state index in [1.807, 2.05) is 23.6 Å². The molecule has 8 heterocycles. The second-order valence-electron chi connectivity index (χ2n) is 17.3. The van der Waals surface area contributed by atoms with Crippen LogP contribution in [0.15, 0.2) is 85.2 Å². The monoisotopic (exact) mass is 978 g/mol. The van der Waals surface area contributed by atoms with Crippen LogP contribution in [0.1, 0.15) is 55.5 Å². The van der Waals surface area contributed by atoms with Gasteiger partial charge in [-0.25, -0.2) is 43.5 Å². The van der Waals surface area contributed by atoms with Crippen molar-refractivity contribution in [2.75, 3.05) is 57.0 Å². The summed E-state index contributed by atoms with van der Waals surface area (Å²) in [5, 5.41) is 8.72. The van der Waals surface area contributed by atoms with Crippen LogP contribution in [0.4, 0.5) is 20.4 Å². The average Bonchev–Trinajstić information content (AvgIpc) is 3.97. The molecule has 9 rings (SSSR count). The number of aromatic nitrogens is 8. The number of rotatable bonds is 12. The van der Waals surface area contributed by atoms with Crippen molar-refractivity contribution in [3.05, 3.63) is 118 Å². The Labute approximate surface area is 406 Å². The number of amides is 2. The van der Waals surface area contributed by atoms with Crippen LogP contribution in [0.25, 0.3) is 44.8 Å². The molecular formula is C49H50Cl2F2N12O4. The molecule has 2 atom stereocenters. The molecule has 1 aromatic carbocycles. The van der Waals surface area contributed by atoms with Crippen LogP contribution in [0.2, 0.25) is 10.0 Å². The zero-order valence-electron chi connectivity index (χ0n) is 38.2. The second kappa shape index (κ2) is 21.9. The Morgan fingerprint density at radius 2 is 1.26 bits per heavy atom. The van der Waals surface area contributed by atoms with Gasteiger partial charge in [-0.2, -0.15) is 0 Å². The highest BCUT2D eigenvalue weighted by atomic mass is 35.5. The van der Waals surface area contributed by atoms with E-state index in [2.05, 4.69) is 50.5 Å². The summed E-state index contributed by atoms with van der Waals surface area (Å²) in [6, 6.07) is 10.4. The number of ether oxygens (including phenoxy) is 1. The number of halogens is 4. The number of piperidine rings is 2. The van der Waals surface area contributed by atoms with Crippen LogP contribution in [-0.2, 0) is 20.7 Å². The van der Waals surface area contributed by atoms with Gasteiger partial charge in [0.2, 0.25) is 11.8 Å². The molecule has 2 aliphatic rings. The molecule has 7 aromatic rings. The van der Waals surface area contributed by atoms with Crippen molar-refractivity contribution >= 4 is 74.7 Å². The van der Waals surface area contributed by atoms with Gasteiger partial charge >= 0.3 is 5.97 Å². The Balaban J connectivity index is 0.000000190. The van der Waals surface area contributed by atoms with E-state index in [1.165, 1.54) is 7.11 Å². The smallest absolute Gasteiger partial charge is 0.337 e. The highest BCUT2D eigenvalue weighted by molar-refractivity contribution is 6.31. The third-order valence-corrected chi connectivity index (χ3v) is 12.3. The van der Waals surface area contributed by atoms with Crippen LogP contribution in [0.5, 0.6) is 0 Å². The van der Waals surface area contributed by atoms with Gasteiger partial charge in [-0.15, -0.1) is 0 Å². The number of aromatic amines is 2. The largest absolute Gasteiger partial charge is 0.465 e. The lowest BCUT2D eigenvalue weighted by Crippen LogP contribution is -2.42. The topological polar surface area (TPSA) is 200 Å². The Bertz CT molecular complexity index is 3020. The third-order valence-electron chi connectivity index (χ3n) is 11.9. The molecule has 2 saturated heterocycles. The quantitative estimate of drug-likeness (QED) is 0.0671. The molecule has 2 amide bonds. The molecule has 2 unspecified atom stereocenters. The summed E-state index contributed by atoms with van der Waals surface area (Å²) in [6.07, 6.45) is 14.4. The lowest BCUT2D eigenvalue weighted by Gasteiger charge is -2.33. The van der Waals surface area contributed by atoms with Crippen molar-refractivity contribution in [2.45, 2.75) is 46.0 Å². The molecule has 4 N–H and O–H groups in total. The molecule has 0 saturated carbocycles. The summed E-state index contributed by atoms with van der Waals surface area (Å²) >= 11 is 12.2. The number of carbonyl (C=O) groups excluding carboxylic acids is 3. The van der Waals surface area contributed by atoms with E-state index >= 15 is 0 Å². The lowest BCUT2D eigenvalue weighted by molar-refractivity contribution is -0.132. The molecule has 6 aromatic heterocycles. The van der Waals surface area contributed by atoms with Crippen molar-refractivity contribution in [2.24, 2.45) is 11.8 Å². The summed E-state index contributed by atoms with van der Waals surface area (Å²) < 4.78 is 33.7. The minimum absolute atomic E-state index is 0.0163. The normalized spacial score (nSPS) is 15.9. The predicted molar refractivity (Wildman–Crippen MR) is 261 cm³/mol. The number of benzene rings is 1. The van der Waals surface area contributed by atoms with E-state index in [4.69, 9.17) is 27.9 Å². The summed E-state index contributed by atoms with van der Waals surface area (Å²) in [6.45, 7) is 7.45. The first kappa shape index (κ1) is 48.4. The number of hydrogen-bond acceptors (Lipinski definition) is 12. The third kappa shape index (κ3) is 12.0. The minimum Gasteiger partial charge on any atom is -0.465 e. The van der Waals surface area contributed by atoms with Crippen LogP contribution >= 0.6 is 23.2 Å². The average molecular weight is 980 g/mol. The second-order valence-corrected chi connectivity index (χ2v) is 18.1. The first-order valence-electron chi connectivity index (χ1n) is 22.5. The first-order chi connectivity index (χ1) is 33.3. The van der Waals surface area contributed by atoms with Gasteiger partial charge in [-0.05, 0) is 81.2 Å². The fourth-order valence-corrected chi connectivity index (χ4v) is 8.76. The number of allylic oxidation sites excluding steroid dienone is 1. The molecule has 0 radical (unpaired) electrons. The summed E-state index contributed by atoms with van der Waals surface area (Å²) in [7, 11) is 1.33. The number of H-pyrrole nitrogens is 2. The summed E-state index contributed by atoms with van der Waals surface area (Å²) in [5.41, 5.74) is 4.92. The zero-order valence-corrected chi connectivity index (χ0v) is 39.7. The fourth-order valence-electron chi connectivity index (χ4n) is 8.44. The number of anilines is 2. The molecule has 16 nitrogen and oxygen atoms in total. The van der Waals surface area contributed by atoms with Crippen molar-refractivity contribution in [1.29, 1.82) is 0 Å². The number of methoxy groups -OCH3 is 1. The molecule has 20 heteroatoms. The Morgan fingerprint density at radius 1 is 0.754 bits per heavy atom. The van der Waals surface area contributed by atoms with Crippen molar-refractivity contribution in [3.8, 4) is 22.8 Å². The van der Waals surface area contributed by atoms with Gasteiger partial charge in [0.15, 0.2) is 34.9 Å². The standard InChI is InChI=1S/C27H26ClFN6O3.C22H24ClFN6O/c1-38-27(37)18-6-4-16(5-7-18)9-23(36)35-8-2-3-17(15-35)11-30-26-22(29)14-33-25(34-26)21-13-32-24-20(21)10-19(28)12-31-24;1-13(2)6-19(31)30-5-3-4-14(12-30)8-25-22-18(24)11-28-21(29-22)17-10-27-20-16(17)7-15(23)9-26-20/h4-7,10,12-14,17H,2-3,8-9,11,15H2,1H3,(H,31,32)(H,30,33,34);6-7,9-11,14H,3-5,8,12H2,1-2H3,(H,26,27)(H,25,28,29). The molecule has 0 aliphatic carbocycles. The number of nitrogens with one attached hydrogen (secondary N) is 4. The Hall–Kier alpha value is -7.05. The van der Waals surface area contributed by atoms with Gasteiger partial charge in [0.25, 0.3) is 0 Å². The number of fused-ring (bicyclic) bond motifs is 2. The van der Waals surface area contributed by atoms with Crippen LogP contribution in [-0.4, -0.2) is 114 Å². The maximum Gasteiger partial charge on any atom is 0.337 e. The number of likely N-dealkylation sites (tertiary alicyclic amines) is 2. The van der Waals surface area contributed by atoms with Gasteiger partial charge in [0.05, 0.1) is 41.5 Å². The van der Waals surface area contributed by atoms with Crippen molar-refractivity contribution in [1.82, 2.24) is 49.7 Å². The minimum atomic E-state index is -0.552. The van der Waals surface area contributed by atoms with E-state index in [9.17, 15) is 23.2 Å². The van der Waals surface area contributed by atoms with E-state index in [0.29, 0.717) is 82.4 Å². The van der Waals surface area contributed by atoms with E-state index in [1.54, 1.807) is 67.3 Å². The molecule has 358 valence electrons. The van der Waals surface area contributed by atoms with Gasteiger partial charge in [0, 0.05) is 92.0 Å². The molecule has 2 fully saturated rings. The lowest BCUT2D eigenvalue weighted by atomic mass is 9.97. The Kier molecular flexibility index (Phi) is 15.4. The first-order valence-corrected chi connectivity index (χ1v) is 23.2. The van der Waals surface area contributed by atoms with Gasteiger partial charge < -0.3 is 35.1 Å². The SMILES string of the molecule is CC(C)=CC(=O)N1CCCC(CNc2nc(-c3c[nH]c4ncc(Cl)cc34)ncc2F)C1.COC(=O)c1ccc(CC(=O)N2CCCC(CNc3nc(-c4c[nH]c5ncc(Cl)cc45)ncc3F)C2)cc1. The van der Waals surface area contributed by atoms with Crippen molar-refractivity contribution < 1.29 is 27.9 Å². The van der Waals surface area contributed by atoms with Crippen molar-refractivity contribution in [3.63, 3.8) is 0 Å². The molecule has 2 aliphatic heterocycles. The Morgan fingerprint density at radius 3 is 1.77 bits per heavy atom. The zero-order chi connectivity index (χ0) is 48.6. The number of hydrogen-bond donors (Lipinski definition) is 4. The molecular weight excluding hydrogens is 930 g/mol. The number of esters is 1. The highest BCUT2D eigenvalue weighted by Crippen LogP contribution is 2.30. The summed E-state index contributed by atoms with van der Waals surface area (Å²) in [4.78, 5) is 72.3. The van der Waals surface area contributed by atoms with Gasteiger partial charge in [-0.1, -0.05) is 40.9 Å². The molecule has 69 heavy (non-hydrogen) atoms.